The predicted octanol–water partition coefficient (Wildman–Crippen LogP) is 2.17. The zero-order chi connectivity index (χ0) is 13.1. The number of carbonyl (C=O) groups is 1. The van der Waals surface area contributed by atoms with Crippen molar-refractivity contribution in [3.63, 3.8) is 0 Å². The first-order chi connectivity index (χ1) is 8.56. The van der Waals surface area contributed by atoms with Crippen molar-refractivity contribution in [2.45, 2.75) is 13.0 Å². The van der Waals surface area contributed by atoms with Gasteiger partial charge in [0.1, 0.15) is 0 Å². The van der Waals surface area contributed by atoms with E-state index in [0.29, 0.717) is 10.1 Å². The summed E-state index contributed by atoms with van der Waals surface area (Å²) >= 11 is 7.16. The molecule has 7 heteroatoms. The van der Waals surface area contributed by atoms with Crippen molar-refractivity contribution >= 4 is 28.8 Å². The molecule has 0 aliphatic rings. The quantitative estimate of drug-likeness (QED) is 0.903. The van der Waals surface area contributed by atoms with E-state index in [1.165, 1.54) is 11.3 Å². The fourth-order valence-corrected chi connectivity index (χ4v) is 2.27. The van der Waals surface area contributed by atoms with Crippen molar-refractivity contribution in [2.24, 2.45) is 0 Å². The van der Waals surface area contributed by atoms with E-state index >= 15 is 0 Å². The number of nitrogens with one attached hydrogen (secondary N) is 1. The van der Waals surface area contributed by atoms with Gasteiger partial charge in [0.15, 0.2) is 11.5 Å². The van der Waals surface area contributed by atoms with E-state index in [4.69, 9.17) is 21.2 Å². The zero-order valence-corrected chi connectivity index (χ0v) is 11.1. The number of aliphatic hydroxyl groups is 1. The molecule has 1 unspecified atom stereocenters. The number of halogens is 1. The molecule has 0 saturated heterocycles. The number of amides is 1. The minimum atomic E-state index is -0.601. The van der Waals surface area contributed by atoms with Gasteiger partial charge in [0.2, 0.25) is 0 Å². The zero-order valence-electron chi connectivity index (χ0n) is 9.51. The first-order valence-corrected chi connectivity index (χ1v) is 6.44. The van der Waals surface area contributed by atoms with E-state index in [9.17, 15) is 4.79 Å². The maximum atomic E-state index is 11.6. The Morgan fingerprint density at radius 3 is 3.06 bits per heavy atom. The molecule has 0 radical (unpaired) electrons. The lowest BCUT2D eigenvalue weighted by Gasteiger charge is -2.03. The molecule has 18 heavy (non-hydrogen) atoms. The van der Waals surface area contributed by atoms with Crippen molar-refractivity contribution in [3.05, 3.63) is 28.2 Å². The highest BCUT2D eigenvalue weighted by Crippen LogP contribution is 2.31. The van der Waals surface area contributed by atoms with Crippen LogP contribution in [-0.4, -0.2) is 28.8 Å². The average Bonchev–Trinajstić information content (AvgIpc) is 2.93. The molecule has 2 aromatic rings. The van der Waals surface area contributed by atoms with Crippen LogP contribution in [0.15, 0.2) is 22.7 Å². The summed E-state index contributed by atoms with van der Waals surface area (Å²) in [6, 6.07) is 5.09. The van der Waals surface area contributed by atoms with Gasteiger partial charge in [-0.1, -0.05) is 16.8 Å². The third-order valence-electron chi connectivity index (χ3n) is 2.12. The van der Waals surface area contributed by atoms with E-state index in [1.54, 1.807) is 25.1 Å². The molecule has 2 aromatic heterocycles. The first kappa shape index (κ1) is 13.1. The van der Waals surface area contributed by atoms with E-state index in [0.717, 1.165) is 4.88 Å². The van der Waals surface area contributed by atoms with Gasteiger partial charge in [-0.15, -0.1) is 11.3 Å². The second kappa shape index (κ2) is 5.51. The largest absolute Gasteiger partial charge is 0.392 e. The normalized spacial score (nSPS) is 12.4. The Bertz CT molecular complexity index is 550. The number of aromatic nitrogens is 1. The molecule has 2 N–H and O–H groups in total. The summed E-state index contributed by atoms with van der Waals surface area (Å²) in [7, 11) is 0. The topological polar surface area (TPSA) is 75.4 Å². The van der Waals surface area contributed by atoms with Crippen LogP contribution in [0.4, 0.5) is 0 Å². The van der Waals surface area contributed by atoms with Gasteiger partial charge < -0.3 is 14.9 Å². The number of hydrogen-bond donors (Lipinski definition) is 2. The molecule has 0 aliphatic heterocycles. The van der Waals surface area contributed by atoms with Crippen LogP contribution >= 0.6 is 22.9 Å². The minimum Gasteiger partial charge on any atom is -0.392 e. The summed E-state index contributed by atoms with van der Waals surface area (Å²) in [5, 5.41) is 15.3. The number of hydrogen-bond acceptors (Lipinski definition) is 5. The van der Waals surface area contributed by atoms with Gasteiger partial charge in [-0.05, 0) is 19.1 Å². The maximum Gasteiger partial charge on any atom is 0.273 e. The SMILES string of the molecule is CC(O)CNC(=O)c1cc(-c2ccc(Cl)s2)on1. The highest BCUT2D eigenvalue weighted by Gasteiger charge is 2.14. The van der Waals surface area contributed by atoms with Gasteiger partial charge in [-0.2, -0.15) is 0 Å². The molecule has 0 saturated carbocycles. The smallest absolute Gasteiger partial charge is 0.273 e. The fraction of sp³-hybridized carbons (Fsp3) is 0.273. The summed E-state index contributed by atoms with van der Waals surface area (Å²) in [6.45, 7) is 1.76. The Morgan fingerprint density at radius 1 is 1.67 bits per heavy atom. The van der Waals surface area contributed by atoms with Crippen LogP contribution in [-0.2, 0) is 0 Å². The van der Waals surface area contributed by atoms with E-state index < -0.39 is 6.10 Å². The molecule has 5 nitrogen and oxygen atoms in total. The van der Waals surface area contributed by atoms with E-state index in [1.807, 2.05) is 0 Å². The fourth-order valence-electron chi connectivity index (χ4n) is 1.28. The number of carbonyl (C=O) groups excluding carboxylic acids is 1. The van der Waals surface area contributed by atoms with Gasteiger partial charge >= 0.3 is 0 Å². The molecule has 0 fully saturated rings. The summed E-state index contributed by atoms with van der Waals surface area (Å²) in [5.41, 5.74) is 0.176. The summed E-state index contributed by atoms with van der Waals surface area (Å²) in [6.07, 6.45) is -0.601. The van der Waals surface area contributed by atoms with E-state index in [-0.39, 0.29) is 18.1 Å². The molecular formula is C11H11ClN2O3S. The van der Waals surface area contributed by atoms with Crippen LogP contribution in [0.1, 0.15) is 17.4 Å². The standard InChI is InChI=1S/C11H11ClN2O3S/c1-6(15)5-13-11(16)7-4-8(17-14-7)9-2-3-10(12)18-9/h2-4,6,15H,5H2,1H3,(H,13,16). The van der Waals surface area contributed by atoms with Gasteiger partial charge in [-0.25, -0.2) is 0 Å². The van der Waals surface area contributed by atoms with Crippen LogP contribution in [0.2, 0.25) is 4.34 Å². The Balaban J connectivity index is 2.08. The highest BCUT2D eigenvalue weighted by atomic mass is 35.5. The van der Waals surface area contributed by atoms with Crippen molar-refractivity contribution in [1.29, 1.82) is 0 Å². The third kappa shape index (κ3) is 3.10. The van der Waals surface area contributed by atoms with Gasteiger partial charge in [0.05, 0.1) is 15.3 Å². The summed E-state index contributed by atoms with van der Waals surface area (Å²) in [5.74, 6) is 0.114. The Hall–Kier alpha value is -1.37. The molecule has 2 rings (SSSR count). The highest BCUT2D eigenvalue weighted by molar-refractivity contribution is 7.19. The van der Waals surface area contributed by atoms with Gasteiger partial charge in [0.25, 0.3) is 5.91 Å². The maximum absolute atomic E-state index is 11.6. The molecule has 0 spiro atoms. The van der Waals surface area contributed by atoms with Crippen LogP contribution in [0, 0.1) is 0 Å². The number of nitrogens with zero attached hydrogens (tertiary/aromatic N) is 1. The van der Waals surface area contributed by atoms with Crippen molar-refractivity contribution in [2.75, 3.05) is 6.54 Å². The molecule has 2 heterocycles. The first-order valence-electron chi connectivity index (χ1n) is 5.25. The molecule has 96 valence electrons. The number of thiophene rings is 1. The summed E-state index contributed by atoms with van der Waals surface area (Å²) < 4.78 is 5.71. The average molecular weight is 287 g/mol. The van der Waals surface area contributed by atoms with E-state index in [2.05, 4.69) is 10.5 Å². The lowest BCUT2D eigenvalue weighted by molar-refractivity contribution is 0.0915. The second-order valence-electron chi connectivity index (χ2n) is 3.74. The molecule has 0 aromatic carbocycles. The van der Waals surface area contributed by atoms with Gasteiger partial charge in [0, 0.05) is 12.6 Å². The Labute approximate surface area is 112 Å². The molecule has 0 aliphatic carbocycles. The molecule has 0 bridgehead atoms. The molecule has 1 atom stereocenters. The number of aliphatic hydroxyl groups excluding tert-OH is 1. The second-order valence-corrected chi connectivity index (χ2v) is 5.45. The lowest BCUT2D eigenvalue weighted by Crippen LogP contribution is -2.30. The van der Waals surface area contributed by atoms with Crippen molar-refractivity contribution in [3.8, 4) is 10.6 Å². The van der Waals surface area contributed by atoms with Crippen LogP contribution in [0.25, 0.3) is 10.6 Å². The molecule has 1 amide bonds. The minimum absolute atomic E-state index is 0.172. The van der Waals surface area contributed by atoms with Crippen molar-refractivity contribution in [1.82, 2.24) is 10.5 Å². The van der Waals surface area contributed by atoms with Gasteiger partial charge in [-0.3, -0.25) is 4.79 Å². The van der Waals surface area contributed by atoms with Crippen LogP contribution in [0.5, 0.6) is 0 Å². The molecular weight excluding hydrogens is 276 g/mol. The monoisotopic (exact) mass is 286 g/mol. The van der Waals surface area contributed by atoms with Crippen LogP contribution < -0.4 is 5.32 Å². The van der Waals surface area contributed by atoms with Crippen molar-refractivity contribution < 1.29 is 14.4 Å². The number of rotatable bonds is 4. The Morgan fingerprint density at radius 2 is 2.44 bits per heavy atom. The third-order valence-corrected chi connectivity index (χ3v) is 3.36. The summed E-state index contributed by atoms with van der Waals surface area (Å²) in [4.78, 5) is 12.4. The van der Waals surface area contributed by atoms with Crippen LogP contribution in [0.3, 0.4) is 0 Å². The lowest BCUT2D eigenvalue weighted by atomic mass is 10.3. The predicted molar refractivity (Wildman–Crippen MR) is 68.8 cm³/mol. The Kier molecular flexibility index (Phi) is 4.00.